The molecule has 2 aliphatic rings. The molecule has 4 rings (SSSR count). The van der Waals surface area contributed by atoms with Crippen LogP contribution in [0.3, 0.4) is 0 Å². The number of urea groups is 1. The Morgan fingerprint density at radius 3 is 2.57 bits per heavy atom. The first kappa shape index (κ1) is 19.9. The van der Waals surface area contributed by atoms with Gasteiger partial charge in [0, 0.05) is 22.9 Å². The van der Waals surface area contributed by atoms with Crippen molar-refractivity contribution in [3.63, 3.8) is 0 Å². The number of hydrogen-bond acceptors (Lipinski definition) is 4. The molecule has 3 N–H and O–H groups in total. The van der Waals surface area contributed by atoms with Gasteiger partial charge in [-0.2, -0.15) is 0 Å². The monoisotopic (exact) mass is 426 g/mol. The number of amides is 5. The van der Waals surface area contributed by atoms with Crippen molar-refractivity contribution in [3.05, 3.63) is 59.1 Å². The molecule has 2 aliphatic heterocycles. The highest BCUT2D eigenvalue weighted by Crippen LogP contribution is 2.29. The fourth-order valence-corrected chi connectivity index (χ4v) is 3.81. The number of nitrogens with one attached hydrogen (secondary N) is 3. The summed E-state index contributed by atoms with van der Waals surface area (Å²) in [5.74, 6) is -1.98. The van der Waals surface area contributed by atoms with Gasteiger partial charge in [-0.1, -0.05) is 23.7 Å². The van der Waals surface area contributed by atoms with Crippen LogP contribution in [0.15, 0.2) is 48.5 Å². The van der Waals surface area contributed by atoms with E-state index < -0.39 is 29.3 Å². The van der Waals surface area contributed by atoms with Gasteiger partial charge in [-0.05, 0) is 55.3 Å². The summed E-state index contributed by atoms with van der Waals surface area (Å²) in [6.45, 7) is 2.02. The molecule has 0 bridgehead atoms. The van der Waals surface area contributed by atoms with Crippen LogP contribution in [0.25, 0.3) is 0 Å². The maximum absolute atomic E-state index is 12.8. The Morgan fingerprint density at radius 1 is 1.17 bits per heavy atom. The zero-order chi connectivity index (χ0) is 21.5. The van der Waals surface area contributed by atoms with Crippen molar-refractivity contribution in [3.8, 4) is 0 Å². The van der Waals surface area contributed by atoms with Gasteiger partial charge >= 0.3 is 6.03 Å². The molecule has 5 amide bonds. The molecule has 9 heteroatoms. The molecule has 2 saturated heterocycles. The number of anilines is 2. The Kier molecular flexibility index (Phi) is 4.95. The molecule has 30 heavy (non-hydrogen) atoms. The summed E-state index contributed by atoms with van der Waals surface area (Å²) < 4.78 is 0. The lowest BCUT2D eigenvalue weighted by Crippen LogP contribution is -2.40. The van der Waals surface area contributed by atoms with E-state index in [2.05, 4.69) is 16.0 Å². The van der Waals surface area contributed by atoms with E-state index in [4.69, 9.17) is 11.6 Å². The quantitative estimate of drug-likeness (QED) is 0.515. The molecular formula is C21H19ClN4O4. The van der Waals surface area contributed by atoms with Crippen LogP contribution in [-0.4, -0.2) is 30.3 Å². The van der Waals surface area contributed by atoms with E-state index in [9.17, 15) is 19.2 Å². The van der Waals surface area contributed by atoms with Crippen LogP contribution in [-0.2, 0) is 19.9 Å². The number of hydrogen-bond donors (Lipinski definition) is 3. The molecule has 2 heterocycles. The summed E-state index contributed by atoms with van der Waals surface area (Å²) in [5, 5.41) is 8.11. The lowest BCUT2D eigenvalue weighted by molar-refractivity contribution is -0.129. The van der Waals surface area contributed by atoms with Gasteiger partial charge in [-0.15, -0.1) is 0 Å². The van der Waals surface area contributed by atoms with Crippen LogP contribution in [0.2, 0.25) is 5.02 Å². The van der Waals surface area contributed by atoms with Crippen LogP contribution in [0.1, 0.15) is 18.9 Å². The average molecular weight is 427 g/mol. The second-order valence-electron chi connectivity index (χ2n) is 7.41. The predicted molar refractivity (Wildman–Crippen MR) is 111 cm³/mol. The van der Waals surface area contributed by atoms with Crippen molar-refractivity contribution in [1.29, 1.82) is 0 Å². The Bertz CT molecular complexity index is 1060. The van der Waals surface area contributed by atoms with Crippen molar-refractivity contribution >= 4 is 46.7 Å². The number of imide groups is 1. The second kappa shape index (κ2) is 7.46. The topological polar surface area (TPSA) is 108 Å². The van der Waals surface area contributed by atoms with Gasteiger partial charge in [0.1, 0.15) is 11.5 Å². The van der Waals surface area contributed by atoms with E-state index in [0.717, 1.165) is 0 Å². The van der Waals surface area contributed by atoms with Gasteiger partial charge in [-0.25, -0.2) is 4.79 Å². The first-order valence-corrected chi connectivity index (χ1v) is 9.78. The molecule has 2 aromatic rings. The zero-order valence-corrected chi connectivity index (χ0v) is 16.8. The predicted octanol–water partition coefficient (Wildman–Crippen LogP) is 2.39. The summed E-state index contributed by atoms with van der Waals surface area (Å²) in [4.78, 5) is 50.7. The van der Waals surface area contributed by atoms with Crippen molar-refractivity contribution < 1.29 is 19.2 Å². The van der Waals surface area contributed by atoms with Crippen molar-refractivity contribution in [2.24, 2.45) is 5.92 Å². The minimum absolute atomic E-state index is 0.277. The maximum Gasteiger partial charge on any atom is 0.322 e. The van der Waals surface area contributed by atoms with Crippen LogP contribution in [0.4, 0.5) is 16.2 Å². The van der Waals surface area contributed by atoms with E-state index in [1.54, 1.807) is 60.4 Å². The largest absolute Gasteiger partial charge is 0.325 e. The van der Waals surface area contributed by atoms with E-state index >= 15 is 0 Å². The average Bonchev–Trinajstić information content (AvgIpc) is 3.22. The van der Waals surface area contributed by atoms with E-state index in [0.29, 0.717) is 34.9 Å². The zero-order valence-electron chi connectivity index (χ0n) is 16.1. The molecule has 0 aliphatic carbocycles. The summed E-state index contributed by atoms with van der Waals surface area (Å²) in [7, 11) is 0. The molecule has 2 fully saturated rings. The van der Waals surface area contributed by atoms with E-state index in [-0.39, 0.29) is 5.91 Å². The molecule has 0 radical (unpaired) electrons. The Labute approximate surface area is 177 Å². The molecule has 0 saturated carbocycles. The number of carbonyl (C=O) groups is 4. The third kappa shape index (κ3) is 3.50. The molecule has 154 valence electrons. The Hall–Kier alpha value is -3.39. The van der Waals surface area contributed by atoms with Gasteiger partial charge in [-0.3, -0.25) is 19.7 Å². The molecule has 0 aromatic heterocycles. The normalized spacial score (nSPS) is 23.3. The molecule has 2 atom stereocenters. The summed E-state index contributed by atoms with van der Waals surface area (Å²) >= 11 is 5.90. The first-order chi connectivity index (χ1) is 14.3. The Balaban J connectivity index is 1.48. The number of benzene rings is 2. The lowest BCUT2D eigenvalue weighted by atomic mass is 9.92. The minimum Gasteiger partial charge on any atom is -0.325 e. The van der Waals surface area contributed by atoms with E-state index in [1.165, 1.54) is 0 Å². The first-order valence-electron chi connectivity index (χ1n) is 9.40. The number of halogens is 1. The number of carbonyl (C=O) groups excluding carboxylic acids is 4. The lowest BCUT2D eigenvalue weighted by Gasteiger charge is -2.22. The SMILES string of the molecule is CC1(c2cccc(NC(=O)C3CCN(c4ccc(Cl)cc4)C3=O)c2)NC(=O)NC1=O. The third-order valence-corrected chi connectivity index (χ3v) is 5.66. The van der Waals surface area contributed by atoms with E-state index in [1.807, 2.05) is 0 Å². The molecular weight excluding hydrogens is 408 g/mol. The highest BCUT2D eigenvalue weighted by molar-refractivity contribution is 6.30. The standard InChI is InChI=1S/C21H19ClN4O4/c1-21(19(29)24-20(30)25-21)12-3-2-4-14(11-12)23-17(27)16-9-10-26(18(16)28)15-7-5-13(22)6-8-15/h2-8,11,16H,9-10H2,1H3,(H,23,27)(H2,24,25,29,30). The van der Waals surface area contributed by atoms with Crippen LogP contribution in [0.5, 0.6) is 0 Å². The summed E-state index contributed by atoms with van der Waals surface area (Å²) in [6, 6.07) is 12.9. The second-order valence-corrected chi connectivity index (χ2v) is 7.85. The van der Waals surface area contributed by atoms with Crippen LogP contribution in [0, 0.1) is 5.92 Å². The molecule has 8 nitrogen and oxygen atoms in total. The fourth-order valence-electron chi connectivity index (χ4n) is 3.68. The van der Waals surface area contributed by atoms with Gasteiger partial charge in [0.15, 0.2) is 0 Å². The van der Waals surface area contributed by atoms with Crippen molar-refractivity contribution in [2.45, 2.75) is 18.9 Å². The third-order valence-electron chi connectivity index (χ3n) is 5.41. The number of nitrogens with zero attached hydrogens (tertiary/aromatic N) is 1. The fraction of sp³-hybridized carbons (Fsp3) is 0.238. The molecule has 2 aromatic carbocycles. The highest BCUT2D eigenvalue weighted by atomic mass is 35.5. The summed E-state index contributed by atoms with van der Waals surface area (Å²) in [5.41, 5.74) is 0.416. The Morgan fingerprint density at radius 2 is 1.90 bits per heavy atom. The summed E-state index contributed by atoms with van der Waals surface area (Å²) in [6.07, 6.45) is 0.392. The minimum atomic E-state index is -1.23. The van der Waals surface area contributed by atoms with Gasteiger partial charge < -0.3 is 15.5 Å². The van der Waals surface area contributed by atoms with Gasteiger partial charge in [0.2, 0.25) is 11.8 Å². The maximum atomic E-state index is 12.8. The van der Waals surface area contributed by atoms with Crippen LogP contribution < -0.4 is 20.9 Å². The number of rotatable bonds is 4. The molecule has 0 spiro atoms. The smallest absolute Gasteiger partial charge is 0.322 e. The van der Waals surface area contributed by atoms with Gasteiger partial charge in [0.05, 0.1) is 0 Å². The molecule has 2 unspecified atom stereocenters. The van der Waals surface area contributed by atoms with Crippen LogP contribution >= 0.6 is 11.6 Å². The van der Waals surface area contributed by atoms with Crippen molar-refractivity contribution in [1.82, 2.24) is 10.6 Å². The van der Waals surface area contributed by atoms with Gasteiger partial charge in [0.25, 0.3) is 5.91 Å². The highest BCUT2D eigenvalue weighted by Gasteiger charge is 2.43. The van der Waals surface area contributed by atoms with Crippen molar-refractivity contribution in [2.75, 3.05) is 16.8 Å².